The zero-order chi connectivity index (χ0) is 13.7. The predicted octanol–water partition coefficient (Wildman–Crippen LogP) is 2.43. The SMILES string of the molecule is CCOC1CCN(c2nc(CC)c(CNC)s2)CC1. The molecular formula is C14H25N3OS. The van der Waals surface area contributed by atoms with Gasteiger partial charge in [0.25, 0.3) is 0 Å². The van der Waals surface area contributed by atoms with Crippen LogP contribution >= 0.6 is 11.3 Å². The third-order valence-corrected chi connectivity index (χ3v) is 4.71. The first kappa shape index (κ1) is 14.8. The monoisotopic (exact) mass is 283 g/mol. The maximum Gasteiger partial charge on any atom is 0.185 e. The van der Waals surface area contributed by atoms with Crippen LogP contribution in [0.2, 0.25) is 0 Å². The molecule has 1 fully saturated rings. The first-order chi connectivity index (χ1) is 9.28. The number of hydrogen-bond donors (Lipinski definition) is 1. The minimum atomic E-state index is 0.448. The lowest BCUT2D eigenvalue weighted by Crippen LogP contribution is -2.37. The van der Waals surface area contributed by atoms with Crippen molar-refractivity contribution in [3.8, 4) is 0 Å². The summed E-state index contributed by atoms with van der Waals surface area (Å²) in [5, 5.41) is 4.42. The first-order valence-corrected chi connectivity index (χ1v) is 8.09. The molecular weight excluding hydrogens is 258 g/mol. The van der Waals surface area contributed by atoms with E-state index in [-0.39, 0.29) is 0 Å². The molecule has 1 aliphatic heterocycles. The molecule has 0 radical (unpaired) electrons. The Labute approximate surface area is 120 Å². The molecule has 0 aliphatic carbocycles. The van der Waals surface area contributed by atoms with E-state index in [1.807, 2.05) is 18.4 Å². The summed E-state index contributed by atoms with van der Waals surface area (Å²) in [7, 11) is 1.99. The third-order valence-electron chi connectivity index (χ3n) is 3.55. The van der Waals surface area contributed by atoms with Crippen molar-refractivity contribution >= 4 is 16.5 Å². The van der Waals surface area contributed by atoms with Crippen LogP contribution in [-0.2, 0) is 17.7 Å². The summed E-state index contributed by atoms with van der Waals surface area (Å²) < 4.78 is 5.70. The average Bonchev–Trinajstić information content (AvgIpc) is 2.84. The van der Waals surface area contributed by atoms with Crippen molar-refractivity contribution in [2.45, 2.75) is 45.8 Å². The highest BCUT2D eigenvalue weighted by molar-refractivity contribution is 7.15. The van der Waals surface area contributed by atoms with E-state index in [9.17, 15) is 0 Å². The van der Waals surface area contributed by atoms with Crippen LogP contribution in [0.5, 0.6) is 0 Å². The van der Waals surface area contributed by atoms with Gasteiger partial charge in [0.05, 0.1) is 11.8 Å². The van der Waals surface area contributed by atoms with Crippen LogP contribution in [0.15, 0.2) is 0 Å². The van der Waals surface area contributed by atoms with Crippen LogP contribution in [0.1, 0.15) is 37.3 Å². The van der Waals surface area contributed by atoms with Gasteiger partial charge in [0.15, 0.2) is 5.13 Å². The van der Waals surface area contributed by atoms with Gasteiger partial charge in [-0.2, -0.15) is 0 Å². The van der Waals surface area contributed by atoms with Crippen LogP contribution in [0, 0.1) is 0 Å². The Bertz CT molecular complexity index is 386. The zero-order valence-electron chi connectivity index (χ0n) is 12.2. The number of aromatic nitrogens is 1. The number of thiazole rings is 1. The fraction of sp³-hybridized carbons (Fsp3) is 0.786. The summed E-state index contributed by atoms with van der Waals surface area (Å²) in [5.41, 5.74) is 1.25. The molecule has 2 heterocycles. The number of piperidine rings is 1. The number of ether oxygens (including phenoxy) is 1. The van der Waals surface area contributed by atoms with Crippen molar-refractivity contribution in [1.82, 2.24) is 10.3 Å². The molecule has 0 spiro atoms. The van der Waals surface area contributed by atoms with E-state index in [1.165, 1.54) is 15.7 Å². The molecule has 0 bridgehead atoms. The normalized spacial score (nSPS) is 17.1. The summed E-state index contributed by atoms with van der Waals surface area (Å²) in [5.74, 6) is 0. The van der Waals surface area contributed by atoms with Crippen molar-refractivity contribution < 1.29 is 4.74 Å². The van der Waals surface area contributed by atoms with Crippen molar-refractivity contribution in [1.29, 1.82) is 0 Å². The molecule has 4 nitrogen and oxygen atoms in total. The van der Waals surface area contributed by atoms with Gasteiger partial charge in [-0.3, -0.25) is 0 Å². The van der Waals surface area contributed by atoms with Crippen LogP contribution in [-0.4, -0.2) is 37.8 Å². The van der Waals surface area contributed by atoms with E-state index >= 15 is 0 Å². The molecule has 2 rings (SSSR count). The fourth-order valence-corrected chi connectivity index (χ4v) is 3.74. The zero-order valence-corrected chi connectivity index (χ0v) is 13.1. The summed E-state index contributed by atoms with van der Waals surface area (Å²) in [6, 6.07) is 0. The van der Waals surface area contributed by atoms with Gasteiger partial charge < -0.3 is 15.0 Å². The average molecular weight is 283 g/mol. The van der Waals surface area contributed by atoms with Crippen molar-refractivity contribution in [3.63, 3.8) is 0 Å². The van der Waals surface area contributed by atoms with Crippen molar-refractivity contribution in [2.24, 2.45) is 0 Å². The Morgan fingerprint density at radius 2 is 2.11 bits per heavy atom. The molecule has 1 aromatic heterocycles. The van der Waals surface area contributed by atoms with Crippen LogP contribution in [0.3, 0.4) is 0 Å². The standard InChI is InChI=1S/C14H25N3OS/c1-4-12-13(10-15-3)19-14(16-12)17-8-6-11(7-9-17)18-5-2/h11,15H,4-10H2,1-3H3. The van der Waals surface area contributed by atoms with Gasteiger partial charge >= 0.3 is 0 Å². The molecule has 5 heteroatoms. The second-order valence-corrected chi connectivity index (χ2v) is 5.95. The molecule has 1 saturated heterocycles. The molecule has 0 atom stereocenters. The second-order valence-electron chi connectivity index (χ2n) is 4.89. The highest BCUT2D eigenvalue weighted by Crippen LogP contribution is 2.29. The molecule has 0 unspecified atom stereocenters. The molecule has 0 amide bonds. The van der Waals surface area contributed by atoms with Gasteiger partial charge in [-0.1, -0.05) is 6.92 Å². The molecule has 1 aromatic rings. The second kappa shape index (κ2) is 7.22. The number of nitrogens with zero attached hydrogens (tertiary/aromatic N) is 2. The van der Waals surface area contributed by atoms with Crippen LogP contribution in [0.4, 0.5) is 5.13 Å². The number of hydrogen-bond acceptors (Lipinski definition) is 5. The van der Waals surface area contributed by atoms with Gasteiger partial charge in [0, 0.05) is 31.1 Å². The number of nitrogens with one attached hydrogen (secondary N) is 1. The maximum absolute atomic E-state index is 5.70. The van der Waals surface area contributed by atoms with Gasteiger partial charge in [-0.05, 0) is 33.2 Å². The van der Waals surface area contributed by atoms with Gasteiger partial charge in [-0.15, -0.1) is 11.3 Å². The third kappa shape index (κ3) is 3.68. The number of anilines is 1. The van der Waals surface area contributed by atoms with E-state index in [0.29, 0.717) is 6.10 Å². The smallest absolute Gasteiger partial charge is 0.185 e. The lowest BCUT2D eigenvalue weighted by atomic mass is 10.1. The maximum atomic E-state index is 5.70. The van der Waals surface area contributed by atoms with Crippen LogP contribution < -0.4 is 10.2 Å². The Hall–Kier alpha value is -0.650. The molecule has 1 N–H and O–H groups in total. The summed E-state index contributed by atoms with van der Waals surface area (Å²) in [6.45, 7) is 8.15. The summed E-state index contributed by atoms with van der Waals surface area (Å²) >= 11 is 1.84. The van der Waals surface area contributed by atoms with E-state index < -0.39 is 0 Å². The molecule has 19 heavy (non-hydrogen) atoms. The number of rotatable bonds is 6. The van der Waals surface area contributed by atoms with E-state index in [2.05, 4.69) is 24.1 Å². The van der Waals surface area contributed by atoms with E-state index in [4.69, 9.17) is 9.72 Å². The Kier molecular flexibility index (Phi) is 5.60. The lowest BCUT2D eigenvalue weighted by molar-refractivity contribution is 0.0459. The van der Waals surface area contributed by atoms with E-state index in [1.54, 1.807) is 0 Å². The minimum Gasteiger partial charge on any atom is -0.378 e. The Balaban J connectivity index is 1.99. The van der Waals surface area contributed by atoms with Crippen LogP contribution in [0.25, 0.3) is 0 Å². The molecule has 108 valence electrons. The van der Waals surface area contributed by atoms with E-state index in [0.717, 1.165) is 45.5 Å². The largest absolute Gasteiger partial charge is 0.378 e. The Morgan fingerprint density at radius 3 is 2.68 bits per heavy atom. The van der Waals surface area contributed by atoms with Gasteiger partial charge in [0.1, 0.15) is 0 Å². The topological polar surface area (TPSA) is 37.4 Å². The highest BCUT2D eigenvalue weighted by atomic mass is 32.1. The fourth-order valence-electron chi connectivity index (χ4n) is 2.53. The summed E-state index contributed by atoms with van der Waals surface area (Å²) in [4.78, 5) is 8.60. The molecule has 1 aliphatic rings. The summed E-state index contributed by atoms with van der Waals surface area (Å²) in [6.07, 6.45) is 3.71. The van der Waals surface area contributed by atoms with Gasteiger partial charge in [-0.25, -0.2) is 4.98 Å². The first-order valence-electron chi connectivity index (χ1n) is 7.28. The lowest BCUT2D eigenvalue weighted by Gasteiger charge is -2.31. The minimum absolute atomic E-state index is 0.448. The predicted molar refractivity (Wildman–Crippen MR) is 81.1 cm³/mol. The Morgan fingerprint density at radius 1 is 1.37 bits per heavy atom. The van der Waals surface area contributed by atoms with Gasteiger partial charge in [0.2, 0.25) is 0 Å². The molecule has 0 saturated carbocycles. The highest BCUT2D eigenvalue weighted by Gasteiger charge is 2.22. The van der Waals surface area contributed by atoms with Crippen molar-refractivity contribution in [2.75, 3.05) is 31.6 Å². The molecule has 0 aromatic carbocycles. The number of aryl methyl sites for hydroxylation is 1. The van der Waals surface area contributed by atoms with Crippen molar-refractivity contribution in [3.05, 3.63) is 10.6 Å². The quantitative estimate of drug-likeness (QED) is 0.870.